The molecule has 17 atom stereocenters. The summed E-state index contributed by atoms with van der Waals surface area (Å²) in [5, 5.41) is 120. The molecule has 0 radical (unpaired) electrons. The summed E-state index contributed by atoms with van der Waals surface area (Å²) in [7, 11) is 0. The molecule has 12 N–H and O–H groups in total. The third kappa shape index (κ3) is 25.7. The lowest BCUT2D eigenvalue weighted by Gasteiger charge is -2.48. The van der Waals surface area contributed by atoms with Crippen LogP contribution >= 0.6 is 0 Å². The number of carbonyl (C=O) groups is 1. The van der Waals surface area contributed by atoms with Gasteiger partial charge in [-0.05, 0) is 64.2 Å². The predicted octanol–water partition coefficient (Wildman–Crippen LogP) is 4.26. The standard InChI is InChI=1S/C58H99NO18/c1-3-5-7-9-11-13-15-17-18-19-20-21-22-24-26-28-30-32-34-36-46(64)59-41(42(63)35-33-31-29-27-25-23-16-14-12-10-8-6-4-2)40-72-56-52(70)49(67)54(44(38-61)74-56)77-58-53(71)50(68)55(45(39-62)75-58)76-57-51(69)48(66)47(65)43(37-60)73-57/h5,7,11,13,17-18,20-21,24,26,33,35,41-45,47-58,60-63,65-71H,3-4,6,8-10,12,14-16,19,22-23,25,27-32,34,36-40H2,1-2H3,(H,59,64)/b7-5-,13-11-,18-17-,21-20-,26-24-,35-33+. The van der Waals surface area contributed by atoms with Crippen LogP contribution in [0.2, 0.25) is 0 Å². The first kappa shape index (κ1) is 68.5. The number of allylic oxidation sites excluding steroid dienone is 11. The van der Waals surface area contributed by atoms with Crippen LogP contribution in [-0.4, -0.2) is 193 Å². The Morgan fingerprint density at radius 1 is 0.481 bits per heavy atom. The van der Waals surface area contributed by atoms with Gasteiger partial charge in [-0.1, -0.05) is 157 Å². The molecule has 3 heterocycles. The van der Waals surface area contributed by atoms with Crippen molar-refractivity contribution >= 4 is 5.91 Å². The average Bonchev–Trinajstić information content (AvgIpc) is 3.42. The Morgan fingerprint density at radius 3 is 1.40 bits per heavy atom. The van der Waals surface area contributed by atoms with E-state index in [-0.39, 0.29) is 18.9 Å². The van der Waals surface area contributed by atoms with Gasteiger partial charge in [-0.2, -0.15) is 0 Å². The summed E-state index contributed by atoms with van der Waals surface area (Å²) in [6.07, 6.45) is 20.3. The van der Waals surface area contributed by atoms with E-state index in [1.165, 1.54) is 51.4 Å². The lowest BCUT2D eigenvalue weighted by molar-refractivity contribution is -0.379. The summed E-state index contributed by atoms with van der Waals surface area (Å²) in [5.41, 5.74) is 0. The highest BCUT2D eigenvalue weighted by atomic mass is 16.8. The third-order valence-electron chi connectivity index (χ3n) is 14.0. The largest absolute Gasteiger partial charge is 0.394 e. The fourth-order valence-electron chi connectivity index (χ4n) is 9.27. The molecule has 1 amide bonds. The zero-order valence-electron chi connectivity index (χ0n) is 45.9. The van der Waals surface area contributed by atoms with Gasteiger partial charge in [0, 0.05) is 6.42 Å². The summed E-state index contributed by atoms with van der Waals surface area (Å²) in [6.45, 7) is 1.54. The molecule has 3 aliphatic heterocycles. The molecular weight excluding hydrogens is 999 g/mol. The Morgan fingerprint density at radius 2 is 0.896 bits per heavy atom. The highest BCUT2D eigenvalue weighted by Gasteiger charge is 2.53. The Balaban J connectivity index is 1.53. The average molecular weight is 1100 g/mol. The van der Waals surface area contributed by atoms with Gasteiger partial charge in [0.15, 0.2) is 18.9 Å². The van der Waals surface area contributed by atoms with Gasteiger partial charge >= 0.3 is 0 Å². The van der Waals surface area contributed by atoms with Crippen LogP contribution in [0, 0.1) is 0 Å². The molecule has 19 heteroatoms. The van der Waals surface area contributed by atoms with Crippen LogP contribution in [0.25, 0.3) is 0 Å². The monoisotopic (exact) mass is 1100 g/mol. The molecule has 17 unspecified atom stereocenters. The number of ether oxygens (including phenoxy) is 6. The lowest BCUT2D eigenvalue weighted by atomic mass is 9.96. The van der Waals surface area contributed by atoms with Crippen molar-refractivity contribution in [3.63, 3.8) is 0 Å². The van der Waals surface area contributed by atoms with Crippen molar-refractivity contribution in [2.75, 3.05) is 26.4 Å². The van der Waals surface area contributed by atoms with E-state index in [1.807, 2.05) is 6.08 Å². The van der Waals surface area contributed by atoms with E-state index in [1.54, 1.807) is 6.08 Å². The van der Waals surface area contributed by atoms with Crippen molar-refractivity contribution in [1.82, 2.24) is 5.32 Å². The van der Waals surface area contributed by atoms with Crippen LogP contribution in [0.5, 0.6) is 0 Å². The molecule has 0 aromatic rings. The van der Waals surface area contributed by atoms with Crippen LogP contribution in [0.3, 0.4) is 0 Å². The van der Waals surface area contributed by atoms with Crippen molar-refractivity contribution in [3.8, 4) is 0 Å². The fourth-order valence-corrected chi connectivity index (χ4v) is 9.27. The minimum atomic E-state index is -1.98. The number of hydrogen-bond donors (Lipinski definition) is 12. The van der Waals surface area contributed by atoms with Crippen LogP contribution in [0.15, 0.2) is 72.9 Å². The number of nitrogens with one attached hydrogen (secondary N) is 1. The molecule has 0 aromatic carbocycles. The SMILES string of the molecule is CC/C=C\C/C=C\C/C=C\C/C=C\C/C=C\CCCCCC(=O)NC(COC1OC(CO)C(OC2OC(CO)C(OC3OC(CO)C(O)C(O)C3O)C(O)C2O)C(O)C1O)C(O)/C=C/CCCCCCCCCCCCC. The van der Waals surface area contributed by atoms with Gasteiger partial charge in [0.1, 0.15) is 73.2 Å². The molecule has 3 saturated heterocycles. The van der Waals surface area contributed by atoms with Crippen molar-refractivity contribution in [2.24, 2.45) is 0 Å². The number of aliphatic hydroxyl groups is 11. The second-order valence-corrected chi connectivity index (χ2v) is 20.4. The molecule has 3 fully saturated rings. The van der Waals surface area contributed by atoms with E-state index in [0.717, 1.165) is 77.0 Å². The number of rotatable bonds is 40. The quantitative estimate of drug-likeness (QED) is 0.0301. The summed E-state index contributed by atoms with van der Waals surface area (Å²) < 4.78 is 34.2. The van der Waals surface area contributed by atoms with E-state index in [9.17, 15) is 61.0 Å². The summed E-state index contributed by atoms with van der Waals surface area (Å²) >= 11 is 0. The van der Waals surface area contributed by atoms with Gasteiger partial charge in [-0.25, -0.2) is 0 Å². The second kappa shape index (κ2) is 41.3. The number of amides is 1. The predicted molar refractivity (Wildman–Crippen MR) is 291 cm³/mol. The van der Waals surface area contributed by atoms with Gasteiger partial charge in [0.25, 0.3) is 0 Å². The van der Waals surface area contributed by atoms with Crippen molar-refractivity contribution < 1.29 is 89.4 Å². The topological polar surface area (TPSA) is 307 Å². The first-order valence-electron chi connectivity index (χ1n) is 28.7. The molecule has 0 saturated carbocycles. The van der Waals surface area contributed by atoms with Crippen molar-refractivity contribution in [1.29, 1.82) is 0 Å². The van der Waals surface area contributed by atoms with E-state index in [4.69, 9.17) is 28.4 Å². The Kier molecular flexibility index (Phi) is 36.7. The first-order valence-corrected chi connectivity index (χ1v) is 28.7. The van der Waals surface area contributed by atoms with Crippen LogP contribution in [0.1, 0.15) is 155 Å². The molecule has 3 aliphatic rings. The van der Waals surface area contributed by atoms with Crippen LogP contribution in [-0.2, 0) is 33.2 Å². The molecule has 0 aromatic heterocycles. The van der Waals surface area contributed by atoms with Gasteiger partial charge in [0.05, 0.1) is 38.6 Å². The van der Waals surface area contributed by atoms with Crippen molar-refractivity contribution in [3.05, 3.63) is 72.9 Å². The molecule has 77 heavy (non-hydrogen) atoms. The molecule has 444 valence electrons. The molecule has 0 aliphatic carbocycles. The number of aliphatic hydroxyl groups excluding tert-OH is 11. The number of unbranched alkanes of at least 4 members (excludes halogenated alkanes) is 14. The second-order valence-electron chi connectivity index (χ2n) is 20.4. The summed E-state index contributed by atoms with van der Waals surface area (Å²) in [6, 6.07) is -0.993. The highest BCUT2D eigenvalue weighted by molar-refractivity contribution is 5.76. The molecule has 0 bridgehead atoms. The zero-order chi connectivity index (χ0) is 56.2. The Hall–Kier alpha value is -2.77. The van der Waals surface area contributed by atoms with E-state index in [2.05, 4.69) is 79.9 Å². The number of hydrogen-bond acceptors (Lipinski definition) is 18. The Labute approximate surface area is 458 Å². The molecular formula is C58H99NO18. The maximum absolute atomic E-state index is 13.3. The normalized spacial score (nSPS) is 31.3. The van der Waals surface area contributed by atoms with E-state index < -0.39 is 124 Å². The van der Waals surface area contributed by atoms with Crippen LogP contribution < -0.4 is 5.32 Å². The summed E-state index contributed by atoms with van der Waals surface area (Å²) in [5.74, 6) is -0.312. The maximum Gasteiger partial charge on any atom is 0.220 e. The summed E-state index contributed by atoms with van der Waals surface area (Å²) in [4.78, 5) is 13.3. The number of carbonyl (C=O) groups excluding carboxylic acids is 1. The fraction of sp³-hybridized carbons (Fsp3) is 0.776. The third-order valence-corrected chi connectivity index (χ3v) is 14.0. The van der Waals surface area contributed by atoms with Gasteiger partial charge in [-0.15, -0.1) is 0 Å². The maximum atomic E-state index is 13.3. The Bertz CT molecular complexity index is 1690. The zero-order valence-corrected chi connectivity index (χ0v) is 45.9. The smallest absolute Gasteiger partial charge is 0.220 e. The van der Waals surface area contributed by atoms with E-state index in [0.29, 0.717) is 6.42 Å². The molecule has 3 rings (SSSR count). The van der Waals surface area contributed by atoms with Gasteiger partial charge in [-0.3, -0.25) is 4.79 Å². The van der Waals surface area contributed by atoms with Gasteiger partial charge in [0.2, 0.25) is 5.91 Å². The minimum absolute atomic E-state index is 0.200. The van der Waals surface area contributed by atoms with E-state index >= 15 is 0 Å². The highest BCUT2D eigenvalue weighted by Crippen LogP contribution is 2.33. The molecule has 0 spiro atoms. The minimum Gasteiger partial charge on any atom is -0.394 e. The van der Waals surface area contributed by atoms with Crippen molar-refractivity contribution in [2.45, 2.75) is 259 Å². The molecule has 19 nitrogen and oxygen atoms in total. The van der Waals surface area contributed by atoms with Gasteiger partial charge < -0.3 is 89.9 Å². The lowest BCUT2D eigenvalue weighted by Crippen LogP contribution is -2.66. The van der Waals surface area contributed by atoms with Crippen LogP contribution in [0.4, 0.5) is 0 Å². The first-order chi connectivity index (χ1) is 37.3.